The summed E-state index contributed by atoms with van der Waals surface area (Å²) < 4.78 is 45.5. The van der Waals surface area contributed by atoms with Gasteiger partial charge in [-0.2, -0.15) is 0 Å². The Bertz CT molecular complexity index is 2130. The Balaban J connectivity index is 0.955. The molecule has 4 aromatic rings. The molecule has 0 radical (unpaired) electrons. The molecule has 1 aromatic heterocycles. The van der Waals surface area contributed by atoms with Crippen molar-refractivity contribution in [2.24, 2.45) is 7.05 Å². The van der Waals surface area contributed by atoms with Crippen LogP contribution in [-0.4, -0.2) is 105 Å². The molecule has 54 heavy (non-hydrogen) atoms. The minimum absolute atomic E-state index is 0.0479. The second-order valence-electron chi connectivity index (χ2n) is 15.4. The van der Waals surface area contributed by atoms with E-state index in [2.05, 4.69) is 28.4 Å². The largest absolute Gasteiger partial charge is 0.496 e. The molecule has 3 saturated heterocycles. The van der Waals surface area contributed by atoms with E-state index in [9.17, 15) is 9.59 Å². The van der Waals surface area contributed by atoms with Crippen molar-refractivity contribution in [1.29, 1.82) is 0 Å². The molecule has 0 aliphatic carbocycles. The monoisotopic (exact) mass is 740 g/mol. The number of amides is 1. The van der Waals surface area contributed by atoms with E-state index >= 15 is 8.78 Å². The fourth-order valence-electron chi connectivity index (χ4n) is 9.33. The molecule has 0 saturated carbocycles. The number of aryl methyl sites for hydroxylation is 1. The van der Waals surface area contributed by atoms with E-state index in [4.69, 9.17) is 9.47 Å². The highest BCUT2D eigenvalue weighted by molar-refractivity contribution is 6.27. The molecule has 0 spiro atoms. The fraction of sp³-hybridized carbons (Fsp3) is 0.476. The Morgan fingerprint density at radius 1 is 0.889 bits per heavy atom. The number of carbonyl (C=O) groups excluding carboxylic acids is 1. The first-order valence-electron chi connectivity index (χ1n) is 19.1. The normalized spacial score (nSPS) is 21.9. The van der Waals surface area contributed by atoms with Crippen LogP contribution in [0.15, 0.2) is 53.5 Å². The van der Waals surface area contributed by atoms with Gasteiger partial charge in [-0.1, -0.05) is 12.1 Å². The van der Waals surface area contributed by atoms with Gasteiger partial charge in [-0.15, -0.1) is 0 Å². The number of ether oxygens (including phenoxy) is 2. The van der Waals surface area contributed by atoms with Crippen LogP contribution in [-0.2, 0) is 13.6 Å². The Morgan fingerprint density at radius 3 is 2.28 bits per heavy atom. The standard InChI is InChI=1S/C42H50F2N6O4/c1-26-27(2)40(51)46(3)23-32(26)28-20-36(53-4)33(37(21-28)54-5)24-47-15-13-38(42(43,44)25-47)49-18-16-48(17-19-49)34-11-12-35-39-30(34)9-6-10-31(39)41(52)50(35)29-8-7-14-45-22-29/h6,9-12,20-21,23,29,38,45H,7-8,13-19,22,24-25H2,1-5H3. The number of hydrogen-bond acceptors (Lipinski definition) is 8. The first-order chi connectivity index (χ1) is 26.0. The summed E-state index contributed by atoms with van der Waals surface area (Å²) in [5.41, 5.74) is 6.71. The summed E-state index contributed by atoms with van der Waals surface area (Å²) in [4.78, 5) is 34.2. The number of carbonyl (C=O) groups is 1. The first-order valence-corrected chi connectivity index (χ1v) is 19.1. The van der Waals surface area contributed by atoms with Gasteiger partial charge in [0.1, 0.15) is 11.5 Å². The summed E-state index contributed by atoms with van der Waals surface area (Å²) in [6.45, 7) is 8.27. The Kier molecular flexibility index (Phi) is 9.64. The average molecular weight is 741 g/mol. The highest BCUT2D eigenvalue weighted by Gasteiger charge is 2.48. The van der Waals surface area contributed by atoms with E-state index in [1.165, 1.54) is 0 Å². The number of piperidine rings is 2. The number of rotatable bonds is 8. The summed E-state index contributed by atoms with van der Waals surface area (Å²) in [6, 6.07) is 13.3. The molecule has 3 aromatic carbocycles. The quantitative estimate of drug-likeness (QED) is 0.251. The van der Waals surface area contributed by atoms with Gasteiger partial charge in [0.25, 0.3) is 17.4 Å². The van der Waals surface area contributed by atoms with Crippen molar-refractivity contribution >= 4 is 28.1 Å². The van der Waals surface area contributed by atoms with Crippen LogP contribution in [0.25, 0.3) is 21.9 Å². The maximum Gasteiger partial charge on any atom is 0.275 e. The number of halogens is 2. The van der Waals surface area contributed by atoms with E-state index < -0.39 is 12.0 Å². The third-order valence-electron chi connectivity index (χ3n) is 12.3. The van der Waals surface area contributed by atoms with Gasteiger partial charge in [0, 0.05) is 98.2 Å². The average Bonchev–Trinajstić information content (AvgIpc) is 3.47. The van der Waals surface area contributed by atoms with E-state index in [0.29, 0.717) is 56.2 Å². The highest BCUT2D eigenvalue weighted by Crippen LogP contribution is 2.44. The zero-order valence-electron chi connectivity index (χ0n) is 31.9. The molecule has 10 nitrogen and oxygen atoms in total. The summed E-state index contributed by atoms with van der Waals surface area (Å²) in [5.74, 6) is -1.73. The van der Waals surface area contributed by atoms with Crippen LogP contribution in [0.5, 0.6) is 11.5 Å². The van der Waals surface area contributed by atoms with Crippen molar-refractivity contribution in [2.75, 3.05) is 76.4 Å². The molecule has 286 valence electrons. The van der Waals surface area contributed by atoms with Crippen molar-refractivity contribution in [2.45, 2.75) is 57.7 Å². The van der Waals surface area contributed by atoms with E-state index in [1.807, 2.05) is 54.1 Å². The molecule has 2 unspecified atom stereocenters. The van der Waals surface area contributed by atoms with E-state index in [1.54, 1.807) is 30.7 Å². The molecule has 5 heterocycles. The number of nitrogens with one attached hydrogen (secondary N) is 1. The fourth-order valence-corrected chi connectivity index (χ4v) is 9.33. The molecule has 3 fully saturated rings. The summed E-state index contributed by atoms with van der Waals surface area (Å²) in [5, 5.41) is 5.50. The number of hydrogen-bond donors (Lipinski definition) is 1. The van der Waals surface area contributed by atoms with Gasteiger partial charge in [0.2, 0.25) is 0 Å². The molecular weight excluding hydrogens is 690 g/mol. The van der Waals surface area contributed by atoms with Crippen LogP contribution in [0.3, 0.4) is 0 Å². The number of benzene rings is 3. The Morgan fingerprint density at radius 2 is 1.61 bits per heavy atom. The lowest BCUT2D eigenvalue weighted by Crippen LogP contribution is -2.61. The van der Waals surface area contributed by atoms with Crippen molar-refractivity contribution in [1.82, 2.24) is 19.7 Å². The number of anilines is 2. The summed E-state index contributed by atoms with van der Waals surface area (Å²) in [6.07, 6.45) is 4.19. The van der Waals surface area contributed by atoms with Gasteiger partial charge in [0.15, 0.2) is 0 Å². The topological polar surface area (TPSA) is 82.5 Å². The summed E-state index contributed by atoms with van der Waals surface area (Å²) >= 11 is 0. The number of piperazine rings is 1. The van der Waals surface area contributed by atoms with Crippen molar-refractivity contribution in [3.8, 4) is 22.6 Å². The molecule has 4 aliphatic heterocycles. The Labute approximate surface area is 315 Å². The number of likely N-dealkylation sites (tertiary alicyclic amines) is 1. The number of aromatic nitrogens is 1. The van der Waals surface area contributed by atoms with Gasteiger partial charge in [0.05, 0.1) is 38.1 Å². The molecule has 8 rings (SSSR count). The lowest BCUT2D eigenvalue weighted by Gasteiger charge is -2.47. The summed E-state index contributed by atoms with van der Waals surface area (Å²) in [7, 11) is 4.88. The third kappa shape index (κ3) is 6.21. The van der Waals surface area contributed by atoms with E-state index in [-0.39, 0.29) is 30.6 Å². The second-order valence-corrected chi connectivity index (χ2v) is 15.4. The van der Waals surface area contributed by atoms with Crippen LogP contribution in [0.4, 0.5) is 20.2 Å². The van der Waals surface area contributed by atoms with E-state index in [0.717, 1.165) is 75.9 Å². The van der Waals surface area contributed by atoms with Gasteiger partial charge < -0.3 is 29.2 Å². The maximum atomic E-state index is 16.1. The van der Waals surface area contributed by atoms with Crippen LogP contribution < -0.4 is 30.1 Å². The molecule has 12 heteroatoms. The molecule has 4 aliphatic rings. The molecule has 2 atom stereocenters. The van der Waals surface area contributed by atoms with Gasteiger partial charge in [-0.05, 0) is 81.1 Å². The molecule has 1 N–H and O–H groups in total. The van der Waals surface area contributed by atoms with Crippen molar-refractivity contribution in [3.63, 3.8) is 0 Å². The zero-order chi connectivity index (χ0) is 37.9. The predicted octanol–water partition coefficient (Wildman–Crippen LogP) is 5.58. The Hall–Kier alpha value is -4.52. The minimum Gasteiger partial charge on any atom is -0.496 e. The van der Waals surface area contributed by atoms with Crippen molar-refractivity contribution in [3.05, 3.63) is 81.3 Å². The van der Waals surface area contributed by atoms with Gasteiger partial charge >= 0.3 is 0 Å². The first kappa shape index (κ1) is 36.5. The molecule has 0 bridgehead atoms. The zero-order valence-corrected chi connectivity index (χ0v) is 31.9. The van der Waals surface area contributed by atoms with Crippen molar-refractivity contribution < 1.29 is 23.0 Å². The number of pyridine rings is 1. The number of nitrogens with zero attached hydrogens (tertiary/aromatic N) is 5. The van der Waals surface area contributed by atoms with Crippen LogP contribution in [0.1, 0.15) is 46.3 Å². The smallest absolute Gasteiger partial charge is 0.275 e. The predicted molar refractivity (Wildman–Crippen MR) is 209 cm³/mol. The molecular formula is C42H50F2N6O4. The second kappa shape index (κ2) is 14.3. The van der Waals surface area contributed by atoms with Crippen LogP contribution in [0.2, 0.25) is 0 Å². The minimum atomic E-state index is -2.91. The third-order valence-corrected chi connectivity index (χ3v) is 12.3. The van der Waals surface area contributed by atoms with Crippen LogP contribution >= 0.6 is 0 Å². The highest BCUT2D eigenvalue weighted by atomic mass is 19.3. The lowest BCUT2D eigenvalue weighted by atomic mass is 9.95. The SMILES string of the molecule is COc1cc(-c2cn(C)c(=O)c(C)c2C)cc(OC)c1CN1CCC(N2CCN(c3ccc4c5c(cccc35)C(=O)N4C3CCCNC3)CC2)C(F)(F)C1. The number of alkyl halides is 2. The van der Waals surface area contributed by atoms with Crippen LogP contribution in [0, 0.1) is 13.8 Å². The number of methoxy groups -OCH3 is 2. The van der Waals surface area contributed by atoms with Gasteiger partial charge in [-0.25, -0.2) is 8.78 Å². The maximum absolute atomic E-state index is 16.1. The lowest BCUT2D eigenvalue weighted by molar-refractivity contribution is -0.129. The van der Waals surface area contributed by atoms with Gasteiger partial charge in [-0.3, -0.25) is 19.4 Å². The molecule has 1 amide bonds.